The quantitative estimate of drug-likeness (QED) is 0.380. The Morgan fingerprint density at radius 3 is 2.40 bits per heavy atom. The van der Waals surface area contributed by atoms with Gasteiger partial charge in [-0.15, -0.1) is 0 Å². The summed E-state index contributed by atoms with van der Waals surface area (Å²) in [6, 6.07) is 1.26. The lowest BCUT2D eigenvalue weighted by Gasteiger charge is -2.16. The van der Waals surface area contributed by atoms with E-state index in [1.807, 2.05) is 0 Å². The van der Waals surface area contributed by atoms with Crippen molar-refractivity contribution in [1.29, 1.82) is 0 Å². The lowest BCUT2D eigenvalue weighted by Crippen LogP contribution is -2.32. The highest BCUT2D eigenvalue weighted by Crippen LogP contribution is 2.28. The van der Waals surface area contributed by atoms with E-state index in [2.05, 4.69) is 5.32 Å². The third-order valence-electron chi connectivity index (χ3n) is 3.28. The molecule has 0 amide bonds. The van der Waals surface area contributed by atoms with Crippen LogP contribution < -0.4 is 10.5 Å². The second kappa shape index (κ2) is 7.76. The predicted octanol–water partition coefficient (Wildman–Crippen LogP) is -0.0679. The number of anilines is 1. The van der Waals surface area contributed by atoms with Crippen molar-refractivity contribution in [3.05, 3.63) is 28.3 Å². The molecule has 0 heterocycles. The van der Waals surface area contributed by atoms with Gasteiger partial charge in [-0.05, 0) is 18.6 Å². The number of carbonyl (C=O) groups is 1. The summed E-state index contributed by atoms with van der Waals surface area (Å²) in [6.45, 7) is 1.41. The van der Waals surface area contributed by atoms with Crippen LogP contribution in [0.2, 0.25) is 0 Å². The Bertz CT molecular complexity index is 880. The number of nitrogens with two attached hydrogens (primary N) is 1. The Morgan fingerprint density at radius 1 is 1.36 bits per heavy atom. The number of rotatable bonds is 9. The highest BCUT2D eigenvalue weighted by atomic mass is 32.2. The van der Waals surface area contributed by atoms with Gasteiger partial charge in [0, 0.05) is 11.8 Å². The van der Waals surface area contributed by atoms with E-state index in [9.17, 15) is 36.9 Å². The number of primary sulfonamides is 1. The fourth-order valence-electron chi connectivity index (χ4n) is 1.85. The normalized spacial score (nSPS) is 13.2. The maximum Gasteiger partial charge on any atom is 0.326 e. The van der Waals surface area contributed by atoms with Crippen LogP contribution in [0.1, 0.15) is 13.3 Å². The zero-order valence-corrected chi connectivity index (χ0v) is 14.7. The van der Waals surface area contributed by atoms with Crippen molar-refractivity contribution in [1.82, 2.24) is 0 Å². The Morgan fingerprint density at radius 2 is 1.96 bits per heavy atom. The van der Waals surface area contributed by atoms with Gasteiger partial charge in [0.2, 0.25) is 10.0 Å². The van der Waals surface area contributed by atoms with Gasteiger partial charge in [-0.25, -0.2) is 26.8 Å². The van der Waals surface area contributed by atoms with Gasteiger partial charge >= 0.3 is 5.97 Å². The van der Waals surface area contributed by atoms with Crippen molar-refractivity contribution < 1.29 is 31.7 Å². The SMILES string of the molecule is CCS(=O)(=O)CCC(Nc1ccc(S(N)(=O)=O)cc1[N+](=O)[O-])C(=O)O. The molecule has 0 radical (unpaired) electrons. The Kier molecular flexibility index (Phi) is 6.45. The third kappa shape index (κ3) is 5.95. The molecule has 1 aromatic carbocycles. The first-order valence-corrected chi connectivity index (χ1v) is 10.2. The van der Waals surface area contributed by atoms with Crippen LogP contribution >= 0.6 is 0 Å². The van der Waals surface area contributed by atoms with E-state index in [1.54, 1.807) is 0 Å². The van der Waals surface area contributed by atoms with E-state index in [1.165, 1.54) is 6.92 Å². The molecule has 0 aliphatic rings. The van der Waals surface area contributed by atoms with Gasteiger partial charge in [-0.1, -0.05) is 6.92 Å². The maximum absolute atomic E-state index is 11.5. The molecule has 0 bridgehead atoms. The molecule has 0 aromatic heterocycles. The molecule has 0 aliphatic heterocycles. The molecule has 1 aromatic rings. The second-order valence-electron chi connectivity index (χ2n) is 5.04. The summed E-state index contributed by atoms with van der Waals surface area (Å²) < 4.78 is 45.5. The molecule has 11 nitrogen and oxygen atoms in total. The number of sulfonamides is 1. The largest absolute Gasteiger partial charge is 0.480 e. The minimum Gasteiger partial charge on any atom is -0.480 e. The van der Waals surface area contributed by atoms with Crippen molar-refractivity contribution in [2.45, 2.75) is 24.3 Å². The number of nitro benzene ring substituents is 1. The van der Waals surface area contributed by atoms with E-state index in [4.69, 9.17) is 5.14 Å². The molecule has 13 heteroatoms. The molecule has 25 heavy (non-hydrogen) atoms. The zero-order chi connectivity index (χ0) is 19.4. The average molecular weight is 395 g/mol. The molecule has 4 N–H and O–H groups in total. The van der Waals surface area contributed by atoms with Crippen LogP contribution in [0.5, 0.6) is 0 Å². The number of nitro groups is 1. The molecule has 0 saturated carbocycles. The summed E-state index contributed by atoms with van der Waals surface area (Å²) in [4.78, 5) is 21.0. The van der Waals surface area contributed by atoms with Crippen molar-refractivity contribution in [3.63, 3.8) is 0 Å². The van der Waals surface area contributed by atoms with Crippen LogP contribution in [0.3, 0.4) is 0 Å². The molecule has 1 atom stereocenters. The van der Waals surface area contributed by atoms with Crippen molar-refractivity contribution in [3.8, 4) is 0 Å². The van der Waals surface area contributed by atoms with Gasteiger partial charge in [-0.2, -0.15) is 0 Å². The first-order chi connectivity index (χ1) is 11.4. The molecule has 0 saturated heterocycles. The predicted molar refractivity (Wildman–Crippen MR) is 88.5 cm³/mol. The summed E-state index contributed by atoms with van der Waals surface area (Å²) in [6.07, 6.45) is -0.320. The van der Waals surface area contributed by atoms with E-state index >= 15 is 0 Å². The summed E-state index contributed by atoms with van der Waals surface area (Å²) >= 11 is 0. The van der Waals surface area contributed by atoms with Crippen molar-refractivity contribution >= 4 is 37.2 Å². The Balaban J connectivity index is 3.17. The molecule has 140 valence electrons. The second-order valence-corrected chi connectivity index (χ2v) is 9.08. The van der Waals surface area contributed by atoms with Crippen LogP contribution in [0.4, 0.5) is 11.4 Å². The Labute approximate surface area is 144 Å². The van der Waals surface area contributed by atoms with Gasteiger partial charge in [0.25, 0.3) is 5.69 Å². The maximum atomic E-state index is 11.5. The van der Waals surface area contributed by atoms with Crippen LogP contribution in [0.25, 0.3) is 0 Å². The van der Waals surface area contributed by atoms with Crippen LogP contribution in [0.15, 0.2) is 23.1 Å². The number of carboxylic acid groups (broad SMARTS) is 1. The number of sulfone groups is 1. The number of aliphatic carboxylic acids is 1. The van der Waals surface area contributed by atoms with Gasteiger partial charge in [0.15, 0.2) is 0 Å². The standard InChI is InChI=1S/C12H17N3O8S2/c1-2-24(20,21)6-5-10(12(16)17)14-9-4-3-8(25(13,22)23)7-11(9)15(18)19/h3-4,7,10,14H,2,5-6H2,1H3,(H,16,17)(H2,13,22,23). The first-order valence-electron chi connectivity index (χ1n) is 6.88. The van der Waals surface area contributed by atoms with E-state index in [0.29, 0.717) is 6.07 Å². The monoisotopic (exact) mass is 395 g/mol. The molecule has 0 spiro atoms. The summed E-state index contributed by atoms with van der Waals surface area (Å²) in [5.41, 5.74) is -0.963. The number of nitrogens with one attached hydrogen (secondary N) is 1. The van der Waals surface area contributed by atoms with Gasteiger partial charge in [0.05, 0.1) is 15.6 Å². The number of benzene rings is 1. The molecule has 1 rings (SSSR count). The van der Waals surface area contributed by atoms with Crippen LogP contribution in [0, 0.1) is 10.1 Å². The summed E-state index contributed by atoms with van der Waals surface area (Å²) in [5.74, 6) is -1.99. The van der Waals surface area contributed by atoms with Crippen molar-refractivity contribution in [2.24, 2.45) is 5.14 Å². The molecular weight excluding hydrogens is 378 g/mol. The molecule has 0 fully saturated rings. The van der Waals surface area contributed by atoms with E-state index in [0.717, 1.165) is 12.1 Å². The van der Waals surface area contributed by atoms with E-state index in [-0.39, 0.29) is 17.9 Å². The fraction of sp³-hybridized carbons (Fsp3) is 0.417. The zero-order valence-electron chi connectivity index (χ0n) is 13.1. The van der Waals surface area contributed by atoms with Gasteiger partial charge < -0.3 is 10.4 Å². The minimum absolute atomic E-state index is 0.164. The average Bonchev–Trinajstić information content (AvgIpc) is 2.49. The topological polar surface area (TPSA) is 187 Å². The smallest absolute Gasteiger partial charge is 0.326 e. The highest BCUT2D eigenvalue weighted by molar-refractivity contribution is 7.91. The number of nitrogens with zero attached hydrogens (tertiary/aromatic N) is 1. The molecule has 1 unspecified atom stereocenters. The lowest BCUT2D eigenvalue weighted by molar-refractivity contribution is -0.384. The number of carboxylic acids is 1. The summed E-state index contributed by atoms with van der Waals surface area (Å²) in [5, 5.41) is 27.5. The lowest BCUT2D eigenvalue weighted by atomic mass is 10.2. The number of hydrogen-bond acceptors (Lipinski definition) is 8. The van der Waals surface area contributed by atoms with Crippen molar-refractivity contribution in [2.75, 3.05) is 16.8 Å². The Hall–Kier alpha value is -2.25. The van der Waals surface area contributed by atoms with Crippen LogP contribution in [-0.2, 0) is 24.7 Å². The third-order valence-corrected chi connectivity index (χ3v) is 5.93. The van der Waals surface area contributed by atoms with Gasteiger partial charge in [-0.3, -0.25) is 10.1 Å². The van der Waals surface area contributed by atoms with Crippen LogP contribution in [-0.4, -0.2) is 50.4 Å². The number of hydrogen-bond donors (Lipinski definition) is 3. The summed E-state index contributed by atoms with van der Waals surface area (Å²) in [7, 11) is -7.61. The first kappa shape index (κ1) is 20.8. The fourth-order valence-corrected chi connectivity index (χ4v) is 3.27. The minimum atomic E-state index is -4.18. The van der Waals surface area contributed by atoms with Gasteiger partial charge in [0.1, 0.15) is 21.6 Å². The van der Waals surface area contributed by atoms with E-state index < -0.39 is 53.1 Å². The molecule has 0 aliphatic carbocycles. The molecular formula is C12H17N3O8S2. The highest BCUT2D eigenvalue weighted by Gasteiger charge is 2.25.